The van der Waals surface area contributed by atoms with E-state index in [1.807, 2.05) is 6.07 Å². The summed E-state index contributed by atoms with van der Waals surface area (Å²) in [5.41, 5.74) is 1.11. The number of ether oxygens (including phenoxy) is 1. The van der Waals surface area contributed by atoms with Crippen LogP contribution in [0.2, 0.25) is 0 Å². The lowest BCUT2D eigenvalue weighted by atomic mass is 10.2. The van der Waals surface area contributed by atoms with Gasteiger partial charge in [-0.2, -0.15) is 9.57 Å². The summed E-state index contributed by atoms with van der Waals surface area (Å²) in [6, 6.07) is 14.2. The Morgan fingerprint density at radius 1 is 1.26 bits per heavy atom. The Hall–Kier alpha value is -2.73. The molecule has 1 heterocycles. The van der Waals surface area contributed by atoms with Crippen molar-refractivity contribution >= 4 is 21.6 Å². The lowest BCUT2D eigenvalue weighted by molar-refractivity contribution is 0.0393. The molecule has 0 saturated carbocycles. The third kappa shape index (κ3) is 4.17. The second-order valence-electron chi connectivity index (χ2n) is 6.21. The maximum atomic E-state index is 12.9. The minimum Gasteiger partial charge on any atom is -0.378 e. The van der Waals surface area contributed by atoms with Gasteiger partial charge in [-0.05, 0) is 43.3 Å². The highest BCUT2D eigenvalue weighted by atomic mass is 32.2. The number of amides is 1. The van der Waals surface area contributed by atoms with E-state index in [9.17, 15) is 13.2 Å². The van der Waals surface area contributed by atoms with E-state index in [0.717, 1.165) is 0 Å². The molecule has 1 aliphatic heterocycles. The Labute approximate surface area is 158 Å². The van der Waals surface area contributed by atoms with E-state index in [2.05, 4.69) is 5.32 Å². The first-order chi connectivity index (χ1) is 12.9. The van der Waals surface area contributed by atoms with Gasteiger partial charge in [0.2, 0.25) is 10.0 Å². The summed E-state index contributed by atoms with van der Waals surface area (Å²) < 4.78 is 32.5. The molecule has 0 radical (unpaired) electrons. The minimum absolute atomic E-state index is 0.0645. The highest BCUT2D eigenvalue weighted by Crippen LogP contribution is 2.22. The molecular formula is C19H19N3O4S. The van der Waals surface area contributed by atoms with Gasteiger partial charge in [-0.15, -0.1) is 0 Å². The first kappa shape index (κ1) is 19.0. The molecule has 1 atom stereocenters. The predicted molar refractivity (Wildman–Crippen MR) is 99.7 cm³/mol. The molecule has 3 rings (SSSR count). The predicted octanol–water partition coefficient (Wildman–Crippen LogP) is 2.22. The van der Waals surface area contributed by atoms with Gasteiger partial charge < -0.3 is 10.1 Å². The highest BCUT2D eigenvalue weighted by molar-refractivity contribution is 7.89. The molecule has 0 bridgehead atoms. The lowest BCUT2D eigenvalue weighted by Gasteiger charge is -2.32. The average Bonchev–Trinajstić information content (AvgIpc) is 2.68. The summed E-state index contributed by atoms with van der Waals surface area (Å²) in [4.78, 5) is 12.6. The number of hydrogen-bond donors (Lipinski definition) is 1. The van der Waals surface area contributed by atoms with E-state index in [1.54, 1.807) is 43.3 Å². The van der Waals surface area contributed by atoms with Crippen molar-refractivity contribution in [1.29, 1.82) is 5.26 Å². The molecule has 1 N–H and O–H groups in total. The Kier molecular flexibility index (Phi) is 5.56. The molecule has 0 aromatic heterocycles. The molecule has 1 aliphatic rings. The second kappa shape index (κ2) is 7.88. The zero-order chi connectivity index (χ0) is 19.4. The zero-order valence-electron chi connectivity index (χ0n) is 14.8. The van der Waals surface area contributed by atoms with Crippen LogP contribution in [0.5, 0.6) is 0 Å². The van der Waals surface area contributed by atoms with Crippen LogP contribution in [0.15, 0.2) is 53.4 Å². The number of anilines is 1. The number of sulfonamides is 1. The van der Waals surface area contributed by atoms with E-state index < -0.39 is 15.9 Å². The van der Waals surface area contributed by atoms with Gasteiger partial charge in [0.05, 0.1) is 29.7 Å². The molecule has 1 fully saturated rings. The van der Waals surface area contributed by atoms with E-state index in [1.165, 1.54) is 16.4 Å². The SMILES string of the molecule is CC1COCCN1S(=O)(=O)c1cccc(C(=O)Nc2cccc(C#N)c2)c1. The van der Waals surface area contributed by atoms with Crippen LogP contribution in [0.3, 0.4) is 0 Å². The fourth-order valence-electron chi connectivity index (χ4n) is 2.87. The summed E-state index contributed by atoms with van der Waals surface area (Å²) in [7, 11) is -3.72. The average molecular weight is 385 g/mol. The first-order valence-electron chi connectivity index (χ1n) is 8.43. The summed E-state index contributed by atoms with van der Waals surface area (Å²) in [5.74, 6) is -0.447. The second-order valence-corrected chi connectivity index (χ2v) is 8.10. The summed E-state index contributed by atoms with van der Waals surface area (Å²) in [6.07, 6.45) is 0. The summed E-state index contributed by atoms with van der Waals surface area (Å²) in [5, 5.41) is 11.6. The summed E-state index contributed by atoms with van der Waals surface area (Å²) >= 11 is 0. The van der Waals surface area contributed by atoms with Crippen LogP contribution in [-0.4, -0.2) is 44.4 Å². The van der Waals surface area contributed by atoms with Gasteiger partial charge in [0, 0.05) is 23.8 Å². The van der Waals surface area contributed by atoms with Crippen molar-refractivity contribution in [3.63, 3.8) is 0 Å². The molecule has 7 nitrogen and oxygen atoms in total. The van der Waals surface area contributed by atoms with Gasteiger partial charge in [0.1, 0.15) is 0 Å². The van der Waals surface area contributed by atoms with Gasteiger partial charge in [0.25, 0.3) is 5.91 Å². The molecular weight excluding hydrogens is 366 g/mol. The molecule has 1 unspecified atom stereocenters. The van der Waals surface area contributed by atoms with Gasteiger partial charge >= 0.3 is 0 Å². The number of morpholine rings is 1. The Bertz CT molecular complexity index is 998. The van der Waals surface area contributed by atoms with Crippen molar-refractivity contribution in [2.24, 2.45) is 0 Å². The largest absolute Gasteiger partial charge is 0.378 e. The van der Waals surface area contributed by atoms with E-state index in [0.29, 0.717) is 24.5 Å². The lowest BCUT2D eigenvalue weighted by Crippen LogP contribution is -2.46. The Morgan fingerprint density at radius 3 is 2.78 bits per heavy atom. The van der Waals surface area contributed by atoms with Crippen LogP contribution in [0.4, 0.5) is 5.69 Å². The molecule has 1 saturated heterocycles. The maximum Gasteiger partial charge on any atom is 0.255 e. The van der Waals surface area contributed by atoms with E-state index >= 15 is 0 Å². The van der Waals surface area contributed by atoms with E-state index in [-0.39, 0.29) is 23.0 Å². The first-order valence-corrected chi connectivity index (χ1v) is 9.87. The number of nitrogens with zero attached hydrogens (tertiary/aromatic N) is 2. The van der Waals surface area contributed by atoms with Gasteiger partial charge in [-0.1, -0.05) is 12.1 Å². The van der Waals surface area contributed by atoms with Gasteiger partial charge in [-0.3, -0.25) is 4.79 Å². The fourth-order valence-corrected chi connectivity index (χ4v) is 4.52. The number of rotatable bonds is 4. The van der Waals surface area contributed by atoms with Crippen LogP contribution < -0.4 is 5.32 Å². The van der Waals surface area contributed by atoms with Crippen LogP contribution >= 0.6 is 0 Å². The number of hydrogen-bond acceptors (Lipinski definition) is 5. The number of nitriles is 1. The van der Waals surface area contributed by atoms with Crippen LogP contribution in [0, 0.1) is 11.3 Å². The maximum absolute atomic E-state index is 12.9. The topological polar surface area (TPSA) is 99.5 Å². The fraction of sp³-hybridized carbons (Fsp3) is 0.263. The smallest absolute Gasteiger partial charge is 0.255 e. The van der Waals surface area contributed by atoms with Crippen molar-refractivity contribution in [3.05, 3.63) is 59.7 Å². The third-order valence-electron chi connectivity index (χ3n) is 4.26. The highest BCUT2D eigenvalue weighted by Gasteiger charge is 2.31. The molecule has 8 heteroatoms. The van der Waals surface area contributed by atoms with Crippen molar-refractivity contribution < 1.29 is 17.9 Å². The zero-order valence-corrected chi connectivity index (χ0v) is 15.6. The molecule has 1 amide bonds. The minimum atomic E-state index is -3.72. The van der Waals surface area contributed by atoms with Crippen LogP contribution in [0.1, 0.15) is 22.8 Å². The molecule has 2 aromatic carbocycles. The molecule has 2 aromatic rings. The van der Waals surface area contributed by atoms with Crippen molar-refractivity contribution in [1.82, 2.24) is 4.31 Å². The molecule has 27 heavy (non-hydrogen) atoms. The van der Waals surface area contributed by atoms with Crippen molar-refractivity contribution in [2.75, 3.05) is 25.1 Å². The number of nitrogens with one attached hydrogen (secondary N) is 1. The van der Waals surface area contributed by atoms with Crippen LogP contribution in [-0.2, 0) is 14.8 Å². The quantitative estimate of drug-likeness (QED) is 0.870. The normalized spacial score (nSPS) is 17.9. The van der Waals surface area contributed by atoms with Crippen LogP contribution in [0.25, 0.3) is 0 Å². The van der Waals surface area contributed by atoms with Gasteiger partial charge in [0.15, 0.2) is 0 Å². The number of carbonyl (C=O) groups excluding carboxylic acids is 1. The number of benzene rings is 2. The van der Waals surface area contributed by atoms with Crippen molar-refractivity contribution in [2.45, 2.75) is 17.9 Å². The third-order valence-corrected chi connectivity index (χ3v) is 6.27. The molecule has 0 spiro atoms. The van der Waals surface area contributed by atoms with Crippen molar-refractivity contribution in [3.8, 4) is 6.07 Å². The summed E-state index contributed by atoms with van der Waals surface area (Å²) in [6.45, 7) is 2.75. The Balaban J connectivity index is 1.84. The number of carbonyl (C=O) groups is 1. The molecule has 140 valence electrons. The molecule has 0 aliphatic carbocycles. The van der Waals surface area contributed by atoms with Gasteiger partial charge in [-0.25, -0.2) is 8.42 Å². The Morgan fingerprint density at radius 2 is 2.04 bits per heavy atom. The monoisotopic (exact) mass is 385 g/mol. The van der Waals surface area contributed by atoms with E-state index in [4.69, 9.17) is 10.00 Å². The standard InChI is InChI=1S/C19H19N3O4S/c1-14-13-26-9-8-22(14)27(24,25)18-7-3-5-16(11-18)19(23)21-17-6-2-4-15(10-17)12-20/h2-7,10-11,14H,8-9,13H2,1H3,(H,21,23).